The number of carbonyl (C=O) groups excluding carboxylic acids is 1. The first-order valence-corrected chi connectivity index (χ1v) is 6.21. The van der Waals surface area contributed by atoms with E-state index in [1.54, 1.807) is 23.7 Å². The van der Waals surface area contributed by atoms with Crippen molar-refractivity contribution < 1.29 is 4.79 Å². The third kappa shape index (κ3) is 2.84. The molecular formula is C11H18BrN3O. The summed E-state index contributed by atoms with van der Waals surface area (Å²) in [6.07, 6.45) is 3.85. The fraction of sp³-hybridized carbons (Fsp3) is 0.636. The number of hydrogen-bond acceptors (Lipinski definition) is 2. The van der Waals surface area contributed by atoms with E-state index in [0.29, 0.717) is 0 Å². The summed E-state index contributed by atoms with van der Waals surface area (Å²) in [5, 5.41) is 4.43. The maximum atomic E-state index is 11.8. The van der Waals surface area contributed by atoms with E-state index in [9.17, 15) is 4.79 Å². The molecule has 1 aromatic rings. The summed E-state index contributed by atoms with van der Waals surface area (Å²) in [4.78, 5) is 13.4. The van der Waals surface area contributed by atoms with E-state index in [1.807, 2.05) is 13.1 Å². The van der Waals surface area contributed by atoms with Gasteiger partial charge in [-0.2, -0.15) is 5.10 Å². The van der Waals surface area contributed by atoms with Gasteiger partial charge in [-0.05, 0) is 29.3 Å². The molecule has 0 bridgehead atoms. The lowest BCUT2D eigenvalue weighted by molar-refractivity contribution is -0.131. The summed E-state index contributed by atoms with van der Waals surface area (Å²) in [6, 6.07) is -0.253. The quantitative estimate of drug-likeness (QED) is 0.852. The molecule has 1 amide bonds. The molecule has 0 spiro atoms. The van der Waals surface area contributed by atoms with E-state index in [4.69, 9.17) is 0 Å². The fourth-order valence-corrected chi connectivity index (χ4v) is 1.99. The first-order chi connectivity index (χ1) is 7.47. The van der Waals surface area contributed by atoms with E-state index >= 15 is 0 Å². The van der Waals surface area contributed by atoms with Crippen LogP contribution in [0.4, 0.5) is 0 Å². The maximum Gasteiger partial charge on any atom is 0.246 e. The summed E-state index contributed by atoms with van der Waals surface area (Å²) in [6.45, 7) is 3.97. The van der Waals surface area contributed by atoms with Crippen LogP contribution >= 0.6 is 15.9 Å². The van der Waals surface area contributed by atoms with Gasteiger partial charge in [0.1, 0.15) is 6.04 Å². The Morgan fingerprint density at radius 2 is 2.25 bits per heavy atom. The van der Waals surface area contributed by atoms with Crippen molar-refractivity contribution in [3.63, 3.8) is 0 Å². The third-order valence-corrected chi connectivity index (χ3v) is 3.10. The molecule has 0 fully saturated rings. The van der Waals surface area contributed by atoms with E-state index < -0.39 is 0 Å². The molecule has 1 rings (SSSR count). The van der Waals surface area contributed by atoms with Gasteiger partial charge in [0.2, 0.25) is 5.91 Å². The zero-order valence-corrected chi connectivity index (χ0v) is 11.8. The van der Waals surface area contributed by atoms with Gasteiger partial charge in [-0.25, -0.2) is 0 Å². The van der Waals surface area contributed by atoms with Crippen LogP contribution in [0.3, 0.4) is 0 Å². The van der Waals surface area contributed by atoms with Crippen molar-refractivity contribution >= 4 is 21.8 Å². The second-order valence-electron chi connectivity index (χ2n) is 4.06. The largest absolute Gasteiger partial charge is 0.347 e. The van der Waals surface area contributed by atoms with Gasteiger partial charge in [-0.3, -0.25) is 9.48 Å². The topological polar surface area (TPSA) is 38.1 Å². The van der Waals surface area contributed by atoms with Crippen molar-refractivity contribution in [1.29, 1.82) is 0 Å². The van der Waals surface area contributed by atoms with Crippen LogP contribution < -0.4 is 0 Å². The van der Waals surface area contributed by atoms with Crippen molar-refractivity contribution in [1.82, 2.24) is 14.7 Å². The Labute approximate surface area is 105 Å². The fourth-order valence-electron chi connectivity index (χ4n) is 1.50. The number of aryl methyl sites for hydroxylation is 1. The number of hydrogen-bond donors (Lipinski definition) is 0. The molecule has 0 saturated carbocycles. The van der Waals surface area contributed by atoms with Crippen LogP contribution in [0.5, 0.6) is 0 Å². The molecule has 16 heavy (non-hydrogen) atoms. The highest BCUT2D eigenvalue weighted by atomic mass is 79.9. The van der Waals surface area contributed by atoms with Crippen LogP contribution in [-0.2, 0) is 11.2 Å². The Kier molecular flexibility index (Phi) is 4.53. The molecule has 0 aliphatic heterocycles. The van der Waals surface area contributed by atoms with E-state index in [1.165, 1.54) is 0 Å². The molecule has 0 N–H and O–H groups in total. The number of aromatic nitrogens is 2. The van der Waals surface area contributed by atoms with Gasteiger partial charge in [0.05, 0.1) is 10.2 Å². The van der Waals surface area contributed by atoms with E-state index in [2.05, 4.69) is 28.0 Å². The number of carbonyl (C=O) groups is 1. The van der Waals surface area contributed by atoms with Crippen molar-refractivity contribution in [3.05, 3.63) is 16.4 Å². The van der Waals surface area contributed by atoms with Crippen molar-refractivity contribution in [2.45, 2.75) is 32.7 Å². The van der Waals surface area contributed by atoms with Crippen LogP contribution in [0.15, 0.2) is 10.7 Å². The van der Waals surface area contributed by atoms with Gasteiger partial charge in [0, 0.05) is 20.3 Å². The SMILES string of the molecule is CCCc1nn(C(C)C(=O)N(C)C)cc1Br. The van der Waals surface area contributed by atoms with Crippen LogP contribution in [0.2, 0.25) is 0 Å². The summed E-state index contributed by atoms with van der Waals surface area (Å²) in [5.41, 5.74) is 1.01. The Bertz CT molecular complexity index is 373. The number of halogens is 1. The smallest absolute Gasteiger partial charge is 0.246 e. The van der Waals surface area contributed by atoms with Gasteiger partial charge in [0.25, 0.3) is 0 Å². The molecule has 1 aromatic heterocycles. The summed E-state index contributed by atoms with van der Waals surface area (Å²) in [5.74, 6) is 0.0537. The van der Waals surface area contributed by atoms with Crippen LogP contribution in [0.25, 0.3) is 0 Å². The minimum Gasteiger partial charge on any atom is -0.347 e. The van der Waals surface area contributed by atoms with Gasteiger partial charge < -0.3 is 4.90 Å². The summed E-state index contributed by atoms with van der Waals surface area (Å²) < 4.78 is 2.70. The molecular weight excluding hydrogens is 270 g/mol. The predicted molar refractivity (Wildman–Crippen MR) is 67.3 cm³/mol. The van der Waals surface area contributed by atoms with Crippen LogP contribution in [-0.4, -0.2) is 34.7 Å². The van der Waals surface area contributed by atoms with Crippen molar-refractivity contribution in [2.75, 3.05) is 14.1 Å². The zero-order valence-electron chi connectivity index (χ0n) is 10.2. The Balaban J connectivity index is 2.88. The second kappa shape index (κ2) is 5.48. The molecule has 1 atom stereocenters. The highest BCUT2D eigenvalue weighted by molar-refractivity contribution is 9.10. The number of nitrogens with zero attached hydrogens (tertiary/aromatic N) is 3. The van der Waals surface area contributed by atoms with Gasteiger partial charge in [0.15, 0.2) is 0 Å². The maximum absolute atomic E-state index is 11.8. The normalized spacial score (nSPS) is 12.6. The molecule has 0 aliphatic rings. The Morgan fingerprint density at radius 3 is 2.75 bits per heavy atom. The minimum atomic E-state index is -0.253. The molecule has 0 aromatic carbocycles. The van der Waals surface area contributed by atoms with Gasteiger partial charge >= 0.3 is 0 Å². The molecule has 5 heteroatoms. The van der Waals surface area contributed by atoms with E-state index in [-0.39, 0.29) is 11.9 Å². The van der Waals surface area contributed by atoms with Gasteiger partial charge in [-0.1, -0.05) is 13.3 Å². The first-order valence-electron chi connectivity index (χ1n) is 5.42. The lowest BCUT2D eigenvalue weighted by atomic mass is 10.3. The lowest BCUT2D eigenvalue weighted by Crippen LogP contribution is -2.30. The standard InChI is InChI=1S/C11H18BrN3O/c1-5-6-10-9(12)7-15(13-10)8(2)11(16)14(3)4/h7-8H,5-6H2,1-4H3. The average molecular weight is 288 g/mol. The Hall–Kier alpha value is -0.840. The third-order valence-electron chi connectivity index (χ3n) is 2.44. The average Bonchev–Trinajstić information content (AvgIpc) is 2.59. The highest BCUT2D eigenvalue weighted by Crippen LogP contribution is 2.19. The number of amides is 1. The number of likely N-dealkylation sites (N-methyl/N-ethyl adjacent to an activating group) is 1. The molecule has 0 radical (unpaired) electrons. The minimum absolute atomic E-state index is 0.0537. The van der Waals surface area contributed by atoms with E-state index in [0.717, 1.165) is 23.0 Å². The van der Waals surface area contributed by atoms with Crippen LogP contribution in [0.1, 0.15) is 32.0 Å². The van der Waals surface area contributed by atoms with Crippen LogP contribution in [0, 0.1) is 0 Å². The summed E-state index contributed by atoms with van der Waals surface area (Å²) in [7, 11) is 3.51. The highest BCUT2D eigenvalue weighted by Gasteiger charge is 2.18. The lowest BCUT2D eigenvalue weighted by Gasteiger charge is -2.16. The molecule has 0 saturated heterocycles. The van der Waals surface area contributed by atoms with Crippen molar-refractivity contribution in [2.24, 2.45) is 0 Å². The molecule has 1 heterocycles. The van der Waals surface area contributed by atoms with Crippen molar-refractivity contribution in [3.8, 4) is 0 Å². The zero-order chi connectivity index (χ0) is 12.3. The first kappa shape index (κ1) is 13.2. The second-order valence-corrected chi connectivity index (χ2v) is 4.92. The number of rotatable bonds is 4. The van der Waals surface area contributed by atoms with Gasteiger partial charge in [-0.15, -0.1) is 0 Å². The molecule has 4 nitrogen and oxygen atoms in total. The predicted octanol–water partition coefficient (Wildman–Crippen LogP) is 2.25. The monoisotopic (exact) mass is 287 g/mol. The molecule has 1 unspecified atom stereocenters. The Morgan fingerprint density at radius 1 is 1.62 bits per heavy atom. The molecule has 90 valence electrons. The molecule has 0 aliphatic carbocycles. The summed E-state index contributed by atoms with van der Waals surface area (Å²) >= 11 is 3.46.